The van der Waals surface area contributed by atoms with Crippen molar-refractivity contribution in [2.75, 3.05) is 0 Å². The van der Waals surface area contributed by atoms with Gasteiger partial charge in [0, 0.05) is 24.2 Å². The van der Waals surface area contributed by atoms with Gasteiger partial charge in [-0.3, -0.25) is 10.1 Å². The third-order valence-corrected chi connectivity index (χ3v) is 2.99. The van der Waals surface area contributed by atoms with Crippen LogP contribution in [-0.4, -0.2) is 11.0 Å². The Morgan fingerprint density at radius 3 is 2.56 bits per heavy atom. The van der Waals surface area contributed by atoms with Crippen molar-refractivity contribution in [2.24, 2.45) is 0 Å². The Morgan fingerprint density at radius 2 is 2.00 bits per heavy atom. The standard InChI is InChI=1S/C15H25NO2/c1-4-6-7-8-12-15(16(17)18)13-9-11-14(3)10-5-2/h15H,3,5,7-13H2,1-2H3. The van der Waals surface area contributed by atoms with E-state index in [2.05, 4.69) is 25.3 Å². The summed E-state index contributed by atoms with van der Waals surface area (Å²) in [5.74, 6) is 5.76. The Kier molecular flexibility index (Phi) is 10.0. The van der Waals surface area contributed by atoms with E-state index >= 15 is 0 Å². The molecule has 0 saturated heterocycles. The van der Waals surface area contributed by atoms with Gasteiger partial charge in [-0.1, -0.05) is 25.5 Å². The molecule has 0 rings (SSSR count). The lowest BCUT2D eigenvalue weighted by Gasteiger charge is -2.09. The van der Waals surface area contributed by atoms with Gasteiger partial charge in [-0.25, -0.2) is 0 Å². The van der Waals surface area contributed by atoms with Gasteiger partial charge in [0.2, 0.25) is 6.04 Å². The molecule has 0 saturated carbocycles. The minimum Gasteiger partial charge on any atom is -0.264 e. The molecule has 0 aromatic carbocycles. The first-order valence-corrected chi connectivity index (χ1v) is 6.81. The molecule has 0 radical (unpaired) electrons. The summed E-state index contributed by atoms with van der Waals surface area (Å²) in [5.41, 5.74) is 1.22. The van der Waals surface area contributed by atoms with E-state index in [0.29, 0.717) is 12.8 Å². The molecule has 0 spiro atoms. The molecule has 0 bridgehead atoms. The molecule has 0 aromatic rings. The molecule has 18 heavy (non-hydrogen) atoms. The predicted molar refractivity (Wildman–Crippen MR) is 76.0 cm³/mol. The van der Waals surface area contributed by atoms with Crippen LogP contribution >= 0.6 is 0 Å². The van der Waals surface area contributed by atoms with Crippen molar-refractivity contribution in [2.45, 2.75) is 71.3 Å². The summed E-state index contributed by atoms with van der Waals surface area (Å²) >= 11 is 0. The summed E-state index contributed by atoms with van der Waals surface area (Å²) in [7, 11) is 0. The largest absolute Gasteiger partial charge is 0.264 e. The summed E-state index contributed by atoms with van der Waals surface area (Å²) in [4.78, 5) is 10.8. The molecule has 0 N–H and O–H groups in total. The van der Waals surface area contributed by atoms with Crippen molar-refractivity contribution in [3.05, 3.63) is 22.3 Å². The molecule has 0 aliphatic carbocycles. The van der Waals surface area contributed by atoms with Crippen molar-refractivity contribution in [3.8, 4) is 11.8 Å². The number of unbranched alkanes of at least 4 members (excludes halogenated alkanes) is 1. The van der Waals surface area contributed by atoms with Crippen LogP contribution in [0.25, 0.3) is 0 Å². The normalized spacial score (nSPS) is 11.4. The zero-order chi connectivity index (χ0) is 13.8. The van der Waals surface area contributed by atoms with Crippen LogP contribution in [0, 0.1) is 22.0 Å². The molecular weight excluding hydrogens is 226 g/mol. The van der Waals surface area contributed by atoms with Crippen LogP contribution in [0.3, 0.4) is 0 Å². The molecular formula is C15H25NO2. The van der Waals surface area contributed by atoms with E-state index in [1.54, 1.807) is 6.92 Å². The van der Waals surface area contributed by atoms with Gasteiger partial charge in [0.25, 0.3) is 0 Å². The third kappa shape index (κ3) is 8.81. The minimum absolute atomic E-state index is 0.137. The molecule has 1 atom stereocenters. The lowest BCUT2D eigenvalue weighted by molar-refractivity contribution is -0.524. The van der Waals surface area contributed by atoms with E-state index in [0.717, 1.165) is 38.5 Å². The number of hydrogen-bond donors (Lipinski definition) is 0. The molecule has 3 heteroatoms. The number of rotatable bonds is 10. The molecule has 0 aliphatic rings. The van der Waals surface area contributed by atoms with Crippen LogP contribution in [0.2, 0.25) is 0 Å². The summed E-state index contributed by atoms with van der Waals surface area (Å²) in [5, 5.41) is 10.9. The van der Waals surface area contributed by atoms with Crippen LogP contribution in [0.1, 0.15) is 65.2 Å². The lowest BCUT2D eigenvalue weighted by atomic mass is 10.0. The maximum Gasteiger partial charge on any atom is 0.213 e. The van der Waals surface area contributed by atoms with E-state index < -0.39 is 6.04 Å². The quantitative estimate of drug-likeness (QED) is 0.190. The van der Waals surface area contributed by atoms with Gasteiger partial charge in [-0.15, -0.1) is 11.8 Å². The highest BCUT2D eigenvalue weighted by Crippen LogP contribution is 2.16. The van der Waals surface area contributed by atoms with Gasteiger partial charge in [-0.05, 0) is 32.6 Å². The van der Waals surface area contributed by atoms with E-state index in [4.69, 9.17) is 0 Å². The molecule has 0 amide bonds. The van der Waals surface area contributed by atoms with Crippen LogP contribution in [0.4, 0.5) is 0 Å². The molecule has 0 heterocycles. The SMILES string of the molecule is C=C(CCC)CCCC(CCCC#CC)[N+](=O)[O-]. The van der Waals surface area contributed by atoms with E-state index in [9.17, 15) is 10.1 Å². The monoisotopic (exact) mass is 251 g/mol. The van der Waals surface area contributed by atoms with Crippen molar-refractivity contribution in [3.63, 3.8) is 0 Å². The summed E-state index contributed by atoms with van der Waals surface area (Å²) < 4.78 is 0. The molecule has 0 aliphatic heterocycles. The van der Waals surface area contributed by atoms with Gasteiger partial charge < -0.3 is 0 Å². The fourth-order valence-electron chi connectivity index (χ4n) is 1.97. The highest BCUT2D eigenvalue weighted by atomic mass is 16.6. The highest BCUT2D eigenvalue weighted by molar-refractivity contribution is 4.95. The summed E-state index contributed by atoms with van der Waals surface area (Å²) in [6, 6.07) is -0.405. The first-order chi connectivity index (χ1) is 8.61. The van der Waals surface area contributed by atoms with Crippen LogP contribution in [0.15, 0.2) is 12.2 Å². The molecule has 102 valence electrons. The molecule has 0 fully saturated rings. The van der Waals surface area contributed by atoms with Gasteiger partial charge in [0.1, 0.15) is 0 Å². The summed E-state index contributed by atoms with van der Waals surface area (Å²) in [6.45, 7) is 7.91. The third-order valence-electron chi connectivity index (χ3n) is 2.99. The predicted octanol–water partition coefficient (Wildman–Crippen LogP) is 4.35. The van der Waals surface area contributed by atoms with Gasteiger partial charge >= 0.3 is 0 Å². The summed E-state index contributed by atoms with van der Waals surface area (Å²) in [6.07, 6.45) is 6.84. The average Bonchev–Trinajstić information content (AvgIpc) is 2.32. The van der Waals surface area contributed by atoms with Crippen molar-refractivity contribution in [1.29, 1.82) is 0 Å². The van der Waals surface area contributed by atoms with Gasteiger partial charge in [0.05, 0.1) is 0 Å². The average molecular weight is 251 g/mol. The molecule has 0 aromatic heterocycles. The topological polar surface area (TPSA) is 43.1 Å². The van der Waals surface area contributed by atoms with Crippen molar-refractivity contribution >= 4 is 0 Å². The Hall–Kier alpha value is -1.30. The lowest BCUT2D eigenvalue weighted by Crippen LogP contribution is -2.19. The molecule has 1 unspecified atom stereocenters. The van der Waals surface area contributed by atoms with E-state index in [1.807, 2.05) is 0 Å². The number of allylic oxidation sites excluding steroid dienone is 1. The van der Waals surface area contributed by atoms with Crippen molar-refractivity contribution < 1.29 is 4.92 Å². The highest BCUT2D eigenvalue weighted by Gasteiger charge is 2.18. The smallest absolute Gasteiger partial charge is 0.213 e. The first-order valence-electron chi connectivity index (χ1n) is 6.81. The first kappa shape index (κ1) is 16.7. The van der Waals surface area contributed by atoms with E-state index in [1.165, 1.54) is 5.57 Å². The fraction of sp³-hybridized carbons (Fsp3) is 0.733. The maximum atomic E-state index is 10.9. The van der Waals surface area contributed by atoms with Crippen LogP contribution < -0.4 is 0 Å². The van der Waals surface area contributed by atoms with E-state index in [-0.39, 0.29) is 4.92 Å². The second-order valence-electron chi connectivity index (χ2n) is 4.65. The number of nitro groups is 1. The maximum absolute atomic E-state index is 10.9. The fourth-order valence-corrected chi connectivity index (χ4v) is 1.97. The Bertz CT molecular complexity index is 312. The Morgan fingerprint density at radius 1 is 1.33 bits per heavy atom. The Balaban J connectivity index is 3.85. The van der Waals surface area contributed by atoms with Gasteiger partial charge in [-0.2, -0.15) is 0 Å². The number of hydrogen-bond acceptors (Lipinski definition) is 2. The second-order valence-corrected chi connectivity index (χ2v) is 4.65. The number of nitrogens with zero attached hydrogens (tertiary/aromatic N) is 1. The van der Waals surface area contributed by atoms with Crippen LogP contribution in [0.5, 0.6) is 0 Å². The van der Waals surface area contributed by atoms with Gasteiger partial charge in [0.15, 0.2) is 0 Å². The zero-order valence-corrected chi connectivity index (χ0v) is 11.7. The molecule has 3 nitrogen and oxygen atoms in total. The Labute approximate surface area is 111 Å². The second kappa shape index (κ2) is 10.8. The minimum atomic E-state index is -0.405. The van der Waals surface area contributed by atoms with Crippen LogP contribution in [-0.2, 0) is 0 Å². The zero-order valence-electron chi connectivity index (χ0n) is 11.7. The van der Waals surface area contributed by atoms with Crippen molar-refractivity contribution in [1.82, 2.24) is 0 Å².